The van der Waals surface area contributed by atoms with Crippen molar-refractivity contribution in [3.05, 3.63) is 24.2 Å². The minimum absolute atomic E-state index is 0.569. The maximum absolute atomic E-state index is 6.49. The summed E-state index contributed by atoms with van der Waals surface area (Å²) in [7, 11) is 0. The third-order valence-electron chi connectivity index (χ3n) is 5.42. The van der Waals surface area contributed by atoms with Gasteiger partial charge >= 0.3 is 0 Å². The Bertz CT molecular complexity index is 497. The molecule has 2 unspecified atom stereocenters. The zero-order valence-corrected chi connectivity index (χ0v) is 13.4. The average Bonchev–Trinajstić information content (AvgIpc) is 3.09. The van der Waals surface area contributed by atoms with Crippen molar-refractivity contribution < 1.29 is 0 Å². The van der Waals surface area contributed by atoms with E-state index in [4.69, 9.17) is 10.7 Å². The van der Waals surface area contributed by atoms with E-state index in [9.17, 15) is 0 Å². The highest BCUT2D eigenvalue weighted by molar-refractivity contribution is 5.42. The lowest BCUT2D eigenvalue weighted by atomic mass is 9.81. The molecule has 2 aliphatic carbocycles. The number of hydrogen-bond acceptors (Lipinski definition) is 2. The second-order valence-electron chi connectivity index (χ2n) is 7.09. The molecule has 0 radical (unpaired) electrons. The van der Waals surface area contributed by atoms with Crippen molar-refractivity contribution in [1.82, 2.24) is 9.55 Å². The van der Waals surface area contributed by atoms with Crippen molar-refractivity contribution in [3.8, 4) is 0 Å². The van der Waals surface area contributed by atoms with Crippen LogP contribution in [0.3, 0.4) is 0 Å². The molecule has 2 atom stereocenters. The van der Waals surface area contributed by atoms with Gasteiger partial charge in [0.05, 0.1) is 5.69 Å². The lowest BCUT2D eigenvalue weighted by Gasteiger charge is -2.25. The number of aromatic nitrogens is 2. The van der Waals surface area contributed by atoms with Gasteiger partial charge in [0.25, 0.3) is 0 Å². The zero-order chi connectivity index (χ0) is 14.8. The normalized spacial score (nSPS) is 27.1. The first-order chi connectivity index (χ1) is 10.2. The maximum atomic E-state index is 6.49. The van der Waals surface area contributed by atoms with Gasteiger partial charge in [-0.1, -0.05) is 38.7 Å². The van der Waals surface area contributed by atoms with E-state index in [1.54, 1.807) is 0 Å². The van der Waals surface area contributed by atoms with Gasteiger partial charge < -0.3 is 10.3 Å². The largest absolute Gasteiger partial charge is 0.384 e. The summed E-state index contributed by atoms with van der Waals surface area (Å²) in [5, 5.41) is 0. The van der Waals surface area contributed by atoms with Crippen LogP contribution in [-0.2, 0) is 6.54 Å². The number of imidazole rings is 1. The molecule has 3 rings (SSSR count). The van der Waals surface area contributed by atoms with Gasteiger partial charge in [-0.15, -0.1) is 6.58 Å². The van der Waals surface area contributed by atoms with E-state index in [2.05, 4.69) is 18.1 Å². The smallest absolute Gasteiger partial charge is 0.127 e. The average molecular weight is 287 g/mol. The highest BCUT2D eigenvalue weighted by atomic mass is 15.1. The van der Waals surface area contributed by atoms with Gasteiger partial charge in [0, 0.05) is 18.4 Å². The number of allylic oxidation sites excluding steroid dienone is 1. The van der Waals surface area contributed by atoms with Crippen LogP contribution in [0.2, 0.25) is 0 Å². The fourth-order valence-electron chi connectivity index (χ4n) is 4.30. The zero-order valence-electron chi connectivity index (χ0n) is 13.4. The van der Waals surface area contributed by atoms with Gasteiger partial charge in [-0.25, -0.2) is 4.98 Å². The van der Waals surface area contributed by atoms with Crippen molar-refractivity contribution in [2.45, 2.75) is 76.7 Å². The predicted octanol–water partition coefficient (Wildman–Crippen LogP) is 4.60. The summed E-state index contributed by atoms with van der Waals surface area (Å²) in [6, 6.07) is 0. The lowest BCUT2D eigenvalue weighted by Crippen LogP contribution is -2.14. The third kappa shape index (κ3) is 2.88. The molecule has 2 fully saturated rings. The van der Waals surface area contributed by atoms with E-state index in [0.717, 1.165) is 18.3 Å². The number of hydrogen-bond donors (Lipinski definition) is 1. The van der Waals surface area contributed by atoms with Crippen molar-refractivity contribution in [2.75, 3.05) is 5.73 Å². The SMILES string of the molecule is C=CCn1c(C2CCCC2)nc(C2CCCC(C)C2)c1N. The van der Waals surface area contributed by atoms with Crippen LogP contribution in [0.1, 0.15) is 81.6 Å². The van der Waals surface area contributed by atoms with Gasteiger partial charge in [-0.05, 0) is 31.6 Å². The van der Waals surface area contributed by atoms with Crippen LogP contribution in [0.5, 0.6) is 0 Å². The summed E-state index contributed by atoms with van der Waals surface area (Å²) in [4.78, 5) is 5.06. The van der Waals surface area contributed by atoms with Crippen LogP contribution < -0.4 is 5.73 Å². The Morgan fingerprint density at radius 3 is 2.57 bits per heavy atom. The molecule has 1 aromatic heterocycles. The number of nitrogen functional groups attached to an aromatic ring is 1. The second kappa shape index (κ2) is 6.25. The van der Waals surface area contributed by atoms with Gasteiger partial charge in [-0.2, -0.15) is 0 Å². The third-order valence-corrected chi connectivity index (χ3v) is 5.42. The Morgan fingerprint density at radius 2 is 1.90 bits per heavy atom. The van der Waals surface area contributed by atoms with E-state index in [-0.39, 0.29) is 0 Å². The first-order valence-electron chi connectivity index (χ1n) is 8.67. The van der Waals surface area contributed by atoms with Crippen LogP contribution >= 0.6 is 0 Å². The molecule has 0 aromatic carbocycles. The Balaban J connectivity index is 1.92. The highest BCUT2D eigenvalue weighted by Crippen LogP contribution is 2.41. The minimum atomic E-state index is 0.569. The van der Waals surface area contributed by atoms with E-state index in [1.165, 1.54) is 62.9 Å². The summed E-state index contributed by atoms with van der Waals surface area (Å²) in [6.45, 7) is 7.06. The van der Waals surface area contributed by atoms with E-state index in [0.29, 0.717) is 11.8 Å². The topological polar surface area (TPSA) is 43.8 Å². The predicted molar refractivity (Wildman–Crippen MR) is 88.4 cm³/mol. The van der Waals surface area contributed by atoms with Crippen LogP contribution in [0.4, 0.5) is 5.82 Å². The summed E-state index contributed by atoms with van der Waals surface area (Å²) in [5.74, 6) is 4.14. The van der Waals surface area contributed by atoms with E-state index < -0.39 is 0 Å². The Labute approximate surface area is 128 Å². The molecule has 0 bridgehead atoms. The van der Waals surface area contributed by atoms with Gasteiger partial charge in [0.2, 0.25) is 0 Å². The quantitative estimate of drug-likeness (QED) is 0.822. The van der Waals surface area contributed by atoms with Gasteiger partial charge in [0.15, 0.2) is 0 Å². The molecule has 1 aromatic rings. The van der Waals surface area contributed by atoms with Crippen molar-refractivity contribution in [2.24, 2.45) is 5.92 Å². The highest BCUT2D eigenvalue weighted by Gasteiger charge is 2.29. The summed E-state index contributed by atoms with van der Waals surface area (Å²) < 4.78 is 2.23. The monoisotopic (exact) mass is 287 g/mol. The molecule has 3 nitrogen and oxygen atoms in total. The molecule has 1 heterocycles. The fourth-order valence-corrected chi connectivity index (χ4v) is 4.30. The minimum Gasteiger partial charge on any atom is -0.384 e. The van der Waals surface area contributed by atoms with E-state index >= 15 is 0 Å². The number of anilines is 1. The second-order valence-corrected chi connectivity index (χ2v) is 7.09. The van der Waals surface area contributed by atoms with Gasteiger partial charge in [0.1, 0.15) is 11.6 Å². The summed E-state index contributed by atoms with van der Waals surface area (Å²) in [6.07, 6.45) is 12.3. The number of rotatable bonds is 4. The molecule has 3 heteroatoms. The van der Waals surface area contributed by atoms with Crippen LogP contribution in [0.15, 0.2) is 12.7 Å². The Kier molecular flexibility index (Phi) is 4.37. The standard InChI is InChI=1S/C18H29N3/c1-3-11-21-17(19)16(15-10-6-7-13(2)12-15)20-18(21)14-8-4-5-9-14/h3,13-15H,1,4-12,19H2,2H3. The van der Waals surface area contributed by atoms with Crippen molar-refractivity contribution in [1.29, 1.82) is 0 Å². The molecule has 0 aliphatic heterocycles. The first kappa shape index (κ1) is 14.7. The van der Waals surface area contributed by atoms with Crippen molar-refractivity contribution in [3.63, 3.8) is 0 Å². The van der Waals surface area contributed by atoms with Gasteiger partial charge in [-0.3, -0.25) is 0 Å². The molecule has 0 amide bonds. The fraction of sp³-hybridized carbons (Fsp3) is 0.722. The van der Waals surface area contributed by atoms with Crippen LogP contribution in [-0.4, -0.2) is 9.55 Å². The Morgan fingerprint density at radius 1 is 1.19 bits per heavy atom. The molecule has 0 saturated heterocycles. The van der Waals surface area contributed by atoms with Crippen LogP contribution in [0.25, 0.3) is 0 Å². The molecule has 2 aliphatic rings. The maximum Gasteiger partial charge on any atom is 0.127 e. The molecule has 2 N–H and O–H groups in total. The van der Waals surface area contributed by atoms with E-state index in [1.807, 2.05) is 6.08 Å². The number of nitrogens with zero attached hydrogens (tertiary/aromatic N) is 2. The number of nitrogens with two attached hydrogens (primary N) is 1. The first-order valence-corrected chi connectivity index (χ1v) is 8.67. The molecule has 116 valence electrons. The molecule has 21 heavy (non-hydrogen) atoms. The molecule has 0 spiro atoms. The van der Waals surface area contributed by atoms with Crippen molar-refractivity contribution >= 4 is 5.82 Å². The molecular weight excluding hydrogens is 258 g/mol. The molecular formula is C18H29N3. The lowest BCUT2D eigenvalue weighted by molar-refractivity contribution is 0.341. The Hall–Kier alpha value is -1.25. The summed E-state index contributed by atoms with van der Waals surface area (Å²) >= 11 is 0. The molecule has 2 saturated carbocycles. The van der Waals surface area contributed by atoms with Crippen LogP contribution in [0, 0.1) is 5.92 Å². The summed E-state index contributed by atoms with van der Waals surface area (Å²) in [5.41, 5.74) is 7.67.